The lowest BCUT2D eigenvalue weighted by atomic mass is 9.98. The highest BCUT2D eigenvalue weighted by molar-refractivity contribution is 6.19. The predicted octanol–water partition coefficient (Wildman–Crippen LogP) is 16.4. The molecule has 0 aliphatic heterocycles. The maximum absolute atomic E-state index is 6.33. The highest BCUT2D eigenvalue weighted by Crippen LogP contribution is 2.46. The normalized spacial score (nSPS) is 11.7. The summed E-state index contributed by atoms with van der Waals surface area (Å²) in [5.41, 5.74) is 12.3. The SMILES string of the molecule is c1ccc(-c2ccc(N(c3ccccc3)c3cccc(N(c4ccc5oc6ccccc6c5c4)c4cccc5c4ccc4cc6oc7ccccc7c6cc45)c3)cc2)cc1. The van der Waals surface area contributed by atoms with Crippen LogP contribution in [0.2, 0.25) is 0 Å². The fourth-order valence-corrected chi connectivity index (χ4v) is 9.00. The van der Waals surface area contributed by atoms with Gasteiger partial charge >= 0.3 is 0 Å². The Morgan fingerprint density at radius 3 is 1.55 bits per heavy atom. The minimum Gasteiger partial charge on any atom is -0.456 e. The molecule has 0 spiro atoms. The van der Waals surface area contributed by atoms with E-state index in [1.807, 2.05) is 24.3 Å². The summed E-state index contributed by atoms with van der Waals surface area (Å²) in [6, 6.07) is 77.6. The zero-order chi connectivity index (χ0) is 39.6. The molecule has 0 aliphatic rings. The van der Waals surface area contributed by atoms with Crippen molar-refractivity contribution in [1.82, 2.24) is 0 Å². The number of para-hydroxylation sites is 3. The number of nitrogens with zero attached hydrogens (tertiary/aromatic N) is 2. The Morgan fingerprint density at radius 2 is 0.783 bits per heavy atom. The zero-order valence-electron chi connectivity index (χ0n) is 32.5. The van der Waals surface area contributed by atoms with Crippen molar-refractivity contribution < 1.29 is 8.83 Å². The maximum atomic E-state index is 6.33. The Labute approximate surface area is 346 Å². The van der Waals surface area contributed by atoms with Crippen molar-refractivity contribution in [1.29, 1.82) is 0 Å². The van der Waals surface area contributed by atoms with Gasteiger partial charge in [0.2, 0.25) is 0 Å². The number of fused-ring (bicyclic) bond motifs is 9. The molecule has 0 saturated carbocycles. The van der Waals surface area contributed by atoms with Crippen molar-refractivity contribution >= 4 is 99.5 Å². The van der Waals surface area contributed by atoms with Gasteiger partial charge in [0.15, 0.2) is 0 Å². The van der Waals surface area contributed by atoms with Gasteiger partial charge in [0, 0.05) is 55.4 Å². The van der Waals surface area contributed by atoms with Gasteiger partial charge in [-0.1, -0.05) is 127 Å². The molecule has 10 aromatic carbocycles. The molecule has 0 aliphatic carbocycles. The van der Waals surface area contributed by atoms with E-state index in [0.29, 0.717) is 0 Å². The third-order valence-corrected chi connectivity index (χ3v) is 11.8. The number of rotatable bonds is 7. The van der Waals surface area contributed by atoms with Gasteiger partial charge < -0.3 is 18.6 Å². The summed E-state index contributed by atoms with van der Waals surface area (Å²) in [5, 5.41) is 9.07. The Balaban J connectivity index is 1.07. The standard InChI is InChI=1S/C56H36N2O2/c1-3-13-37(14-4-1)38-25-28-41(29-26-38)57(40-15-5-2-6-16-40)42-17-11-18-43(34-42)58(44-30-32-55-50(35-44)47-19-7-9-23-53(47)59-55)52-22-12-21-45-46(52)31-27-39-33-56-51(36-49(39)45)48-20-8-10-24-54(48)60-56/h1-36H. The van der Waals surface area contributed by atoms with E-state index >= 15 is 0 Å². The highest BCUT2D eigenvalue weighted by atomic mass is 16.3. The lowest BCUT2D eigenvalue weighted by Crippen LogP contribution is -2.13. The molecule has 0 atom stereocenters. The number of hydrogen-bond acceptors (Lipinski definition) is 4. The second kappa shape index (κ2) is 13.8. The highest BCUT2D eigenvalue weighted by Gasteiger charge is 2.21. The molecular formula is C56H36N2O2. The van der Waals surface area contributed by atoms with E-state index in [9.17, 15) is 0 Å². The Kier molecular flexibility index (Phi) is 7.82. The average molecular weight is 769 g/mol. The number of benzene rings is 10. The molecular weight excluding hydrogens is 733 g/mol. The van der Waals surface area contributed by atoms with Crippen molar-refractivity contribution in [2.75, 3.05) is 9.80 Å². The topological polar surface area (TPSA) is 32.8 Å². The molecule has 4 heteroatoms. The second-order valence-electron chi connectivity index (χ2n) is 15.3. The molecule has 0 fully saturated rings. The first-order valence-electron chi connectivity index (χ1n) is 20.3. The van der Waals surface area contributed by atoms with Crippen LogP contribution in [0, 0.1) is 0 Å². The van der Waals surface area contributed by atoms with E-state index in [-0.39, 0.29) is 0 Å². The number of hydrogen-bond donors (Lipinski definition) is 0. The first-order chi connectivity index (χ1) is 29.7. The Bertz CT molecular complexity index is 3550. The van der Waals surface area contributed by atoms with Crippen molar-refractivity contribution in [3.8, 4) is 11.1 Å². The first kappa shape index (κ1) is 34.0. The summed E-state index contributed by atoms with van der Waals surface area (Å²) in [6.07, 6.45) is 0. The Morgan fingerprint density at radius 1 is 0.250 bits per heavy atom. The van der Waals surface area contributed by atoms with Crippen LogP contribution in [-0.2, 0) is 0 Å². The van der Waals surface area contributed by atoms with Crippen LogP contribution >= 0.6 is 0 Å². The molecule has 12 aromatic rings. The number of anilines is 6. The average Bonchev–Trinajstić information content (AvgIpc) is 3.87. The van der Waals surface area contributed by atoms with E-state index in [0.717, 1.165) is 88.8 Å². The van der Waals surface area contributed by atoms with Crippen molar-refractivity contribution in [2.45, 2.75) is 0 Å². The van der Waals surface area contributed by atoms with Gasteiger partial charge in [-0.25, -0.2) is 0 Å². The quantitative estimate of drug-likeness (QED) is 0.151. The smallest absolute Gasteiger partial charge is 0.136 e. The van der Waals surface area contributed by atoms with E-state index in [2.05, 4.69) is 204 Å². The molecule has 60 heavy (non-hydrogen) atoms. The van der Waals surface area contributed by atoms with Crippen LogP contribution in [0.1, 0.15) is 0 Å². The van der Waals surface area contributed by atoms with Gasteiger partial charge in [-0.15, -0.1) is 0 Å². The van der Waals surface area contributed by atoms with Gasteiger partial charge in [-0.3, -0.25) is 0 Å². The van der Waals surface area contributed by atoms with Gasteiger partial charge in [0.05, 0.1) is 5.69 Å². The maximum Gasteiger partial charge on any atom is 0.136 e. The minimum absolute atomic E-state index is 0.864. The first-order valence-corrected chi connectivity index (χ1v) is 20.3. The molecule has 12 rings (SSSR count). The van der Waals surface area contributed by atoms with Crippen LogP contribution in [0.15, 0.2) is 227 Å². The molecule has 2 heterocycles. The zero-order valence-corrected chi connectivity index (χ0v) is 32.5. The van der Waals surface area contributed by atoms with Gasteiger partial charge in [-0.05, 0) is 118 Å². The second-order valence-corrected chi connectivity index (χ2v) is 15.3. The van der Waals surface area contributed by atoms with E-state index in [1.165, 1.54) is 21.9 Å². The third-order valence-electron chi connectivity index (χ3n) is 11.8. The third kappa shape index (κ3) is 5.61. The van der Waals surface area contributed by atoms with E-state index in [1.54, 1.807) is 0 Å². The van der Waals surface area contributed by atoms with Crippen LogP contribution in [0.25, 0.3) is 76.5 Å². The van der Waals surface area contributed by atoms with Crippen LogP contribution < -0.4 is 9.80 Å². The monoisotopic (exact) mass is 768 g/mol. The van der Waals surface area contributed by atoms with Crippen LogP contribution in [0.5, 0.6) is 0 Å². The van der Waals surface area contributed by atoms with Crippen LogP contribution in [0.4, 0.5) is 34.1 Å². The minimum atomic E-state index is 0.864. The lowest BCUT2D eigenvalue weighted by Gasteiger charge is -2.30. The predicted molar refractivity (Wildman–Crippen MR) is 251 cm³/mol. The van der Waals surface area contributed by atoms with Crippen LogP contribution in [0.3, 0.4) is 0 Å². The molecule has 0 bridgehead atoms. The molecule has 0 amide bonds. The summed E-state index contributed by atoms with van der Waals surface area (Å²) in [7, 11) is 0. The van der Waals surface area contributed by atoms with Crippen molar-refractivity contribution in [3.63, 3.8) is 0 Å². The molecule has 0 unspecified atom stereocenters. The molecule has 0 radical (unpaired) electrons. The Hall–Kier alpha value is -8.08. The largest absolute Gasteiger partial charge is 0.456 e. The molecule has 4 nitrogen and oxygen atoms in total. The molecule has 282 valence electrons. The summed E-state index contributed by atoms with van der Waals surface area (Å²) in [4.78, 5) is 4.73. The van der Waals surface area contributed by atoms with Gasteiger partial charge in [0.25, 0.3) is 0 Å². The number of furan rings is 2. The van der Waals surface area contributed by atoms with E-state index in [4.69, 9.17) is 8.83 Å². The van der Waals surface area contributed by atoms with Crippen LogP contribution in [-0.4, -0.2) is 0 Å². The summed E-state index contributed by atoms with van der Waals surface area (Å²) < 4.78 is 12.6. The lowest BCUT2D eigenvalue weighted by molar-refractivity contribution is 0.668. The molecule has 2 aromatic heterocycles. The summed E-state index contributed by atoms with van der Waals surface area (Å²) >= 11 is 0. The fraction of sp³-hybridized carbons (Fsp3) is 0. The molecule has 0 saturated heterocycles. The van der Waals surface area contributed by atoms with Crippen molar-refractivity contribution in [2.24, 2.45) is 0 Å². The fourth-order valence-electron chi connectivity index (χ4n) is 9.00. The van der Waals surface area contributed by atoms with Gasteiger partial charge in [-0.2, -0.15) is 0 Å². The van der Waals surface area contributed by atoms with Gasteiger partial charge in [0.1, 0.15) is 22.3 Å². The molecule has 0 N–H and O–H groups in total. The van der Waals surface area contributed by atoms with E-state index < -0.39 is 0 Å². The summed E-state index contributed by atoms with van der Waals surface area (Å²) in [6.45, 7) is 0. The van der Waals surface area contributed by atoms with Crippen molar-refractivity contribution in [3.05, 3.63) is 218 Å². The summed E-state index contributed by atoms with van der Waals surface area (Å²) in [5.74, 6) is 0.